The van der Waals surface area contributed by atoms with Crippen LogP contribution in [0.25, 0.3) is 0 Å². The Kier molecular flexibility index (Phi) is 4.82. The zero-order chi connectivity index (χ0) is 13.0. The van der Waals surface area contributed by atoms with Crippen molar-refractivity contribution in [2.75, 3.05) is 0 Å². The van der Waals surface area contributed by atoms with E-state index in [4.69, 9.17) is 9.79 Å². The third-order valence-corrected chi connectivity index (χ3v) is 4.53. The lowest BCUT2D eigenvalue weighted by molar-refractivity contribution is 0.273. The summed E-state index contributed by atoms with van der Waals surface area (Å²) >= 11 is 0. The van der Waals surface area contributed by atoms with Crippen LogP contribution < -0.4 is 5.20 Å². The van der Waals surface area contributed by atoms with Crippen LogP contribution in [0.2, 0.25) is 0 Å². The van der Waals surface area contributed by atoms with Crippen LogP contribution in [-0.2, 0) is 4.57 Å². The van der Waals surface area contributed by atoms with E-state index in [1.807, 2.05) is 5.20 Å². The van der Waals surface area contributed by atoms with Gasteiger partial charge in [-0.1, -0.05) is 25.7 Å². The summed E-state index contributed by atoms with van der Waals surface area (Å²) in [6, 6.07) is 0. The van der Waals surface area contributed by atoms with Crippen LogP contribution >= 0.6 is 7.75 Å². The van der Waals surface area contributed by atoms with Crippen molar-refractivity contribution in [1.82, 2.24) is 5.20 Å². The van der Waals surface area contributed by atoms with Crippen LogP contribution in [0.4, 0.5) is 0 Å². The van der Waals surface area contributed by atoms with Crippen LogP contribution in [0, 0.1) is 11.8 Å². The standard InChI is InChI=1S/C12H23N2O3P/c15-18(16,17)14-13-12-9-5-4-8-11(12)10-6-2-1-3-7-10/h10-11H,1-9H2,(H3,14,15,16,17)/b13-12+. The molecule has 18 heavy (non-hydrogen) atoms. The maximum absolute atomic E-state index is 10.8. The van der Waals surface area contributed by atoms with Gasteiger partial charge in [0.25, 0.3) is 0 Å². The van der Waals surface area contributed by atoms with E-state index in [0.717, 1.165) is 25.0 Å². The third kappa shape index (κ3) is 4.08. The molecule has 0 aliphatic heterocycles. The van der Waals surface area contributed by atoms with Crippen molar-refractivity contribution in [3.63, 3.8) is 0 Å². The molecule has 2 rings (SSSR count). The topological polar surface area (TPSA) is 81.9 Å². The largest absolute Gasteiger partial charge is 0.443 e. The molecular formula is C12H23N2O3P. The van der Waals surface area contributed by atoms with Gasteiger partial charge in [0, 0.05) is 11.6 Å². The monoisotopic (exact) mass is 274 g/mol. The number of hydrazone groups is 1. The minimum absolute atomic E-state index is 0.443. The van der Waals surface area contributed by atoms with Gasteiger partial charge >= 0.3 is 7.75 Å². The Morgan fingerprint density at radius 2 is 1.72 bits per heavy atom. The Balaban J connectivity index is 2.02. The summed E-state index contributed by atoms with van der Waals surface area (Å²) in [7, 11) is -4.24. The van der Waals surface area contributed by atoms with Crippen LogP contribution in [0.15, 0.2) is 5.10 Å². The van der Waals surface area contributed by atoms with E-state index in [1.54, 1.807) is 0 Å². The molecule has 0 aromatic rings. The van der Waals surface area contributed by atoms with Gasteiger partial charge in [0.2, 0.25) is 0 Å². The normalized spacial score (nSPS) is 29.4. The van der Waals surface area contributed by atoms with Gasteiger partial charge in [-0.15, -0.1) is 0 Å². The summed E-state index contributed by atoms with van der Waals surface area (Å²) in [5, 5.41) is 6.03. The quantitative estimate of drug-likeness (QED) is 0.546. The average Bonchev–Trinajstić information content (AvgIpc) is 2.37. The molecule has 6 heteroatoms. The van der Waals surface area contributed by atoms with Crippen molar-refractivity contribution >= 4 is 13.5 Å². The highest BCUT2D eigenvalue weighted by Gasteiger charge is 2.30. The molecule has 0 aromatic carbocycles. The molecule has 2 saturated carbocycles. The third-order valence-electron chi connectivity index (χ3n) is 4.17. The Morgan fingerprint density at radius 3 is 2.39 bits per heavy atom. The van der Waals surface area contributed by atoms with E-state index in [9.17, 15) is 4.57 Å². The van der Waals surface area contributed by atoms with Crippen molar-refractivity contribution in [1.29, 1.82) is 0 Å². The SMILES string of the molecule is O=P(O)(O)N/N=C1\CCCCC1C1CCCCC1. The van der Waals surface area contributed by atoms with E-state index in [2.05, 4.69) is 5.10 Å². The summed E-state index contributed by atoms with van der Waals surface area (Å²) in [6.07, 6.45) is 10.7. The Labute approximate surface area is 108 Å². The van der Waals surface area contributed by atoms with Crippen LogP contribution in [0.3, 0.4) is 0 Å². The second-order valence-electron chi connectivity index (χ2n) is 5.50. The van der Waals surface area contributed by atoms with Crippen molar-refractivity contribution < 1.29 is 14.4 Å². The van der Waals surface area contributed by atoms with E-state index in [1.165, 1.54) is 38.5 Å². The second kappa shape index (κ2) is 6.18. The maximum Gasteiger partial charge on any atom is 0.443 e. The summed E-state index contributed by atoms with van der Waals surface area (Å²) < 4.78 is 10.8. The van der Waals surface area contributed by atoms with Gasteiger partial charge in [-0.2, -0.15) is 5.10 Å². The fraction of sp³-hybridized carbons (Fsp3) is 0.917. The zero-order valence-electron chi connectivity index (χ0n) is 10.7. The number of nitrogens with zero attached hydrogens (tertiary/aromatic N) is 1. The van der Waals surface area contributed by atoms with Crippen molar-refractivity contribution in [2.24, 2.45) is 16.9 Å². The molecule has 0 saturated heterocycles. The molecule has 0 aromatic heterocycles. The van der Waals surface area contributed by atoms with E-state index < -0.39 is 7.75 Å². The first-order chi connectivity index (χ1) is 8.56. The summed E-state index contributed by atoms with van der Waals surface area (Å²) in [5.74, 6) is 1.12. The number of hydrogen-bond donors (Lipinski definition) is 3. The Morgan fingerprint density at radius 1 is 1.06 bits per heavy atom. The van der Waals surface area contributed by atoms with Gasteiger partial charge in [-0.25, -0.2) is 9.76 Å². The average molecular weight is 274 g/mol. The van der Waals surface area contributed by atoms with Crippen LogP contribution in [0.5, 0.6) is 0 Å². The van der Waals surface area contributed by atoms with Crippen molar-refractivity contribution in [2.45, 2.75) is 57.8 Å². The minimum atomic E-state index is -4.24. The van der Waals surface area contributed by atoms with Gasteiger partial charge < -0.3 is 9.79 Å². The molecule has 2 aliphatic carbocycles. The van der Waals surface area contributed by atoms with Gasteiger partial charge in [0.1, 0.15) is 0 Å². The van der Waals surface area contributed by atoms with E-state index in [-0.39, 0.29) is 0 Å². The molecule has 0 bridgehead atoms. The zero-order valence-corrected chi connectivity index (χ0v) is 11.6. The lowest BCUT2D eigenvalue weighted by Crippen LogP contribution is -2.30. The highest BCUT2D eigenvalue weighted by atomic mass is 31.2. The summed E-state index contributed by atoms with van der Waals surface area (Å²) in [5.41, 5.74) is 0.983. The molecule has 5 nitrogen and oxygen atoms in total. The Hall–Kier alpha value is -0.380. The fourth-order valence-electron chi connectivity index (χ4n) is 3.33. The molecule has 1 atom stereocenters. The first-order valence-electron chi connectivity index (χ1n) is 6.95. The van der Waals surface area contributed by atoms with Gasteiger partial charge in [-0.3, -0.25) is 0 Å². The maximum atomic E-state index is 10.8. The molecule has 2 fully saturated rings. The first kappa shape index (κ1) is 14.0. The summed E-state index contributed by atoms with van der Waals surface area (Å²) in [6.45, 7) is 0. The number of rotatable bonds is 3. The molecular weight excluding hydrogens is 251 g/mol. The van der Waals surface area contributed by atoms with E-state index >= 15 is 0 Å². The minimum Gasteiger partial charge on any atom is -0.307 e. The van der Waals surface area contributed by atoms with Gasteiger partial charge in [0.05, 0.1) is 0 Å². The molecule has 104 valence electrons. The van der Waals surface area contributed by atoms with Crippen LogP contribution in [0.1, 0.15) is 57.8 Å². The van der Waals surface area contributed by atoms with Crippen molar-refractivity contribution in [3.8, 4) is 0 Å². The highest BCUT2D eigenvalue weighted by Crippen LogP contribution is 2.37. The summed E-state index contributed by atoms with van der Waals surface area (Å²) in [4.78, 5) is 17.7. The molecule has 3 N–H and O–H groups in total. The fourth-order valence-corrected chi connectivity index (χ4v) is 3.59. The molecule has 0 spiro atoms. The molecule has 0 radical (unpaired) electrons. The predicted molar refractivity (Wildman–Crippen MR) is 71.1 cm³/mol. The lowest BCUT2D eigenvalue weighted by Gasteiger charge is -2.34. The van der Waals surface area contributed by atoms with Gasteiger partial charge in [-0.05, 0) is 38.0 Å². The van der Waals surface area contributed by atoms with Crippen molar-refractivity contribution in [3.05, 3.63) is 0 Å². The van der Waals surface area contributed by atoms with Crippen LogP contribution in [-0.4, -0.2) is 15.5 Å². The predicted octanol–water partition coefficient (Wildman–Crippen LogP) is 2.80. The molecule has 2 aliphatic rings. The molecule has 1 unspecified atom stereocenters. The Bertz CT molecular complexity index is 347. The lowest BCUT2D eigenvalue weighted by atomic mass is 9.72. The number of nitrogens with one attached hydrogen (secondary N) is 1. The van der Waals surface area contributed by atoms with Gasteiger partial charge in [0.15, 0.2) is 0 Å². The molecule has 0 amide bonds. The number of hydrogen-bond acceptors (Lipinski definition) is 2. The second-order valence-corrected chi connectivity index (χ2v) is 6.79. The smallest absolute Gasteiger partial charge is 0.307 e. The highest BCUT2D eigenvalue weighted by molar-refractivity contribution is 7.49. The van der Waals surface area contributed by atoms with E-state index in [0.29, 0.717) is 11.8 Å². The first-order valence-corrected chi connectivity index (χ1v) is 8.57. The molecule has 0 heterocycles.